The lowest BCUT2D eigenvalue weighted by molar-refractivity contribution is -0.135. The number of amides is 4. The summed E-state index contributed by atoms with van der Waals surface area (Å²) in [5.74, 6) is -3.20. The number of nitrogens with one attached hydrogen (secondary N) is 3. The summed E-state index contributed by atoms with van der Waals surface area (Å²) in [4.78, 5) is 82.4. The molecule has 0 bridgehead atoms. The summed E-state index contributed by atoms with van der Waals surface area (Å²) >= 11 is 4.40. The maximum Gasteiger partial charge on any atom is 0.409 e. The number of H-pyrrole nitrogens is 2. The summed E-state index contributed by atoms with van der Waals surface area (Å²) in [5, 5.41) is 3.02. The van der Waals surface area contributed by atoms with Gasteiger partial charge in [-0.25, -0.2) is 19.6 Å². The topological polar surface area (TPSA) is 183 Å². The van der Waals surface area contributed by atoms with Crippen molar-refractivity contribution >= 4 is 47.7 Å². The maximum atomic E-state index is 16.5. The average Bonchev–Trinajstić information content (AvgIpc) is 4.04. The molecule has 3 atom stereocenters. The second kappa shape index (κ2) is 19.7. The van der Waals surface area contributed by atoms with Gasteiger partial charge in [0.15, 0.2) is 0 Å². The van der Waals surface area contributed by atoms with Crippen LogP contribution in [0.4, 0.5) is 18.4 Å². The van der Waals surface area contributed by atoms with E-state index in [0.717, 1.165) is 6.42 Å². The van der Waals surface area contributed by atoms with E-state index in [9.17, 15) is 24.0 Å². The minimum atomic E-state index is -3.32. The van der Waals surface area contributed by atoms with Gasteiger partial charge in [-0.05, 0) is 84.0 Å². The number of imidazole rings is 1. The second-order valence-electron chi connectivity index (χ2n) is 17.6. The first-order chi connectivity index (χ1) is 31.4. The highest BCUT2D eigenvalue weighted by molar-refractivity contribution is 7.78. The Kier molecular flexibility index (Phi) is 14.2. The average molecular weight is 927 g/mol. The molecule has 2 aliphatic rings. The summed E-state index contributed by atoms with van der Waals surface area (Å²) < 4.78 is 43.9. The van der Waals surface area contributed by atoms with Crippen molar-refractivity contribution in [3.8, 4) is 33.5 Å². The van der Waals surface area contributed by atoms with Crippen LogP contribution in [0.2, 0.25) is 0 Å². The van der Waals surface area contributed by atoms with E-state index in [-0.39, 0.29) is 46.4 Å². The summed E-state index contributed by atoms with van der Waals surface area (Å²) in [6.45, 7) is 8.21. The molecule has 0 unspecified atom stereocenters. The van der Waals surface area contributed by atoms with Gasteiger partial charge in [-0.3, -0.25) is 23.6 Å². The minimum absolute atomic E-state index is 0.130. The molecule has 350 valence electrons. The number of ether oxygens (including phenoxy) is 2. The number of likely N-dealkylation sites (tertiary alicyclic amines) is 1. The van der Waals surface area contributed by atoms with Gasteiger partial charge in [-0.15, -0.1) is 0 Å². The molecule has 18 heteroatoms. The minimum Gasteiger partial charge on any atom is -0.453 e. The third-order valence-corrected chi connectivity index (χ3v) is 12.9. The van der Waals surface area contributed by atoms with Crippen molar-refractivity contribution in [1.29, 1.82) is 0 Å². The van der Waals surface area contributed by atoms with Crippen molar-refractivity contribution < 1.29 is 37.4 Å². The molecule has 1 saturated heterocycles. The SMILES string of the molecule is COC(=O)N[C@H](C(=O)N1CCC[C@H]1c1ncc(-c2ccc3c(c2)C(F)(F)c2cc(-c4ccc5c(=O)[nH]c(CCCCCN(S)C(=O)[C@H](C(C)C)N(C)C(=O)OC)nc5c4)ccc2-3)[nH]1)C(C)C. The zero-order valence-electron chi connectivity index (χ0n) is 38.1. The standard InChI is InChI=1S/C48H56F2N8O7S/c1-26(2)40(55-46(62)64-6)44(60)57-20-11-12-38(57)42-51-25-37(53-42)30-16-18-32-31-17-14-28(22-34(31)48(49,50)35(32)23-30)29-15-19-33-36(24-29)52-39(54-43(33)59)13-9-8-10-21-58(66)45(61)41(27(3)4)56(5)47(63)65-7/h14-19,22-27,38,40-41,66H,8-13,20-21H2,1-7H3,(H,51,53)(H,55,62)(H,52,54,59)/t38-,40-,41-/m0/s1. The van der Waals surface area contributed by atoms with Crippen LogP contribution in [-0.2, 0) is 31.4 Å². The number of aromatic nitrogens is 4. The number of hydrogen-bond donors (Lipinski definition) is 4. The third kappa shape index (κ3) is 9.50. The summed E-state index contributed by atoms with van der Waals surface area (Å²) in [6.07, 6.45) is 4.15. The summed E-state index contributed by atoms with van der Waals surface area (Å²) in [5.41, 5.74) is 2.94. The number of alkyl carbamates (subject to hydrolysis) is 1. The fourth-order valence-corrected chi connectivity index (χ4v) is 9.31. The molecule has 0 saturated carbocycles. The largest absolute Gasteiger partial charge is 0.453 e. The quantitative estimate of drug-likeness (QED) is 0.0594. The smallest absolute Gasteiger partial charge is 0.409 e. The Labute approximate surface area is 387 Å². The third-order valence-electron chi connectivity index (χ3n) is 12.5. The lowest BCUT2D eigenvalue weighted by Crippen LogP contribution is -2.51. The number of aryl methyl sites for hydroxylation is 1. The number of rotatable bonds is 15. The van der Waals surface area contributed by atoms with Gasteiger partial charge in [0.05, 0.1) is 43.1 Å². The molecule has 2 aromatic heterocycles. The number of nitrogens with zero attached hydrogens (tertiary/aromatic N) is 5. The second-order valence-corrected chi connectivity index (χ2v) is 18.1. The van der Waals surface area contributed by atoms with Gasteiger partial charge in [0.25, 0.3) is 17.4 Å². The van der Waals surface area contributed by atoms with Crippen molar-refractivity contribution in [3.63, 3.8) is 0 Å². The highest BCUT2D eigenvalue weighted by atomic mass is 32.1. The summed E-state index contributed by atoms with van der Waals surface area (Å²) in [7, 11) is 4.03. The molecule has 5 aromatic rings. The normalized spacial score (nSPS) is 15.9. The van der Waals surface area contributed by atoms with Crippen LogP contribution in [0, 0.1) is 11.8 Å². The van der Waals surface area contributed by atoms with E-state index < -0.39 is 30.2 Å². The molecule has 3 heterocycles. The number of alkyl halides is 2. The molecular formula is C48H56F2N8O7S. The first-order valence-electron chi connectivity index (χ1n) is 22.2. The van der Waals surface area contributed by atoms with Gasteiger partial charge in [0.2, 0.25) is 5.91 Å². The molecule has 3 N–H and O–H groups in total. The number of aromatic amines is 2. The Morgan fingerprint density at radius 3 is 2.24 bits per heavy atom. The molecule has 1 fully saturated rings. The lowest BCUT2D eigenvalue weighted by Gasteiger charge is -2.31. The Morgan fingerprint density at radius 2 is 1.58 bits per heavy atom. The fourth-order valence-electron chi connectivity index (χ4n) is 9.05. The zero-order chi connectivity index (χ0) is 47.6. The predicted octanol–water partition coefficient (Wildman–Crippen LogP) is 8.25. The highest BCUT2D eigenvalue weighted by Crippen LogP contribution is 2.52. The molecule has 0 spiro atoms. The number of fused-ring (bicyclic) bond motifs is 4. The number of likely N-dealkylation sites (N-methyl/N-ethyl adjacent to an activating group) is 1. The number of carbonyl (C=O) groups excluding carboxylic acids is 4. The van der Waals surface area contributed by atoms with Crippen LogP contribution in [0.25, 0.3) is 44.4 Å². The van der Waals surface area contributed by atoms with Gasteiger partial charge >= 0.3 is 12.2 Å². The molecular weight excluding hydrogens is 871 g/mol. The van der Waals surface area contributed by atoms with E-state index >= 15 is 8.78 Å². The van der Waals surface area contributed by atoms with E-state index in [0.29, 0.717) is 101 Å². The number of carbonyl (C=O) groups is 4. The molecule has 4 amide bonds. The van der Waals surface area contributed by atoms with Gasteiger partial charge in [-0.2, -0.15) is 8.78 Å². The Bertz CT molecular complexity index is 2700. The molecule has 15 nitrogen and oxygen atoms in total. The molecule has 66 heavy (non-hydrogen) atoms. The van der Waals surface area contributed by atoms with Crippen molar-refractivity contribution in [2.45, 2.75) is 90.3 Å². The predicted molar refractivity (Wildman–Crippen MR) is 249 cm³/mol. The summed E-state index contributed by atoms with van der Waals surface area (Å²) in [6, 6.07) is 13.2. The first-order valence-corrected chi connectivity index (χ1v) is 22.6. The van der Waals surface area contributed by atoms with Crippen LogP contribution in [0.5, 0.6) is 0 Å². The van der Waals surface area contributed by atoms with E-state index in [2.05, 4.69) is 33.1 Å². The lowest BCUT2D eigenvalue weighted by atomic mass is 9.97. The zero-order valence-corrected chi connectivity index (χ0v) is 39.0. The molecule has 1 aliphatic heterocycles. The van der Waals surface area contributed by atoms with Crippen molar-refractivity contribution in [1.82, 2.24) is 39.4 Å². The van der Waals surface area contributed by atoms with Gasteiger partial charge in [-0.1, -0.05) is 77.3 Å². The monoisotopic (exact) mass is 926 g/mol. The number of thiol groups is 1. The Hall–Kier alpha value is -6.30. The highest BCUT2D eigenvalue weighted by Gasteiger charge is 2.45. The molecule has 0 radical (unpaired) electrons. The van der Waals surface area contributed by atoms with Gasteiger partial charge in [0, 0.05) is 43.2 Å². The van der Waals surface area contributed by atoms with Gasteiger partial charge < -0.3 is 29.7 Å². The number of halogens is 2. The Morgan fingerprint density at radius 1 is 0.909 bits per heavy atom. The van der Waals surface area contributed by atoms with Crippen LogP contribution < -0.4 is 10.9 Å². The van der Waals surface area contributed by atoms with Crippen molar-refractivity contribution in [2.75, 3.05) is 34.4 Å². The Balaban J connectivity index is 1.03. The van der Waals surface area contributed by atoms with Crippen molar-refractivity contribution in [2.24, 2.45) is 11.8 Å². The van der Waals surface area contributed by atoms with Crippen LogP contribution in [0.3, 0.4) is 0 Å². The fraction of sp³-hybridized carbons (Fsp3) is 0.438. The van der Waals surface area contributed by atoms with E-state index in [1.807, 2.05) is 27.7 Å². The molecule has 1 aliphatic carbocycles. The van der Waals surface area contributed by atoms with E-state index in [4.69, 9.17) is 14.5 Å². The van der Waals surface area contributed by atoms with Crippen LogP contribution in [-0.4, -0.2) is 104 Å². The number of benzene rings is 3. The number of hydrogen-bond acceptors (Lipinski definition) is 10. The molecule has 3 aromatic carbocycles. The number of methoxy groups -OCH3 is 2. The van der Waals surface area contributed by atoms with Crippen LogP contribution in [0.1, 0.15) is 88.6 Å². The maximum absolute atomic E-state index is 16.5. The molecule has 7 rings (SSSR count). The van der Waals surface area contributed by atoms with Crippen LogP contribution >= 0.6 is 12.8 Å². The van der Waals surface area contributed by atoms with Crippen molar-refractivity contribution in [3.05, 3.63) is 93.9 Å². The van der Waals surface area contributed by atoms with E-state index in [1.54, 1.807) is 53.6 Å². The van der Waals surface area contributed by atoms with E-state index in [1.165, 1.54) is 42.6 Å². The van der Waals surface area contributed by atoms with Gasteiger partial charge in [0.1, 0.15) is 23.7 Å². The number of unbranched alkanes of at least 4 members (excludes halogenated alkanes) is 2. The van der Waals surface area contributed by atoms with Crippen LogP contribution in [0.15, 0.2) is 65.6 Å². The first kappa shape index (κ1) is 47.7.